The molecule has 0 saturated carbocycles. The van der Waals surface area contributed by atoms with Gasteiger partial charge < -0.3 is 0 Å². The van der Waals surface area contributed by atoms with Crippen molar-refractivity contribution in [3.05, 3.63) is 101 Å². The van der Waals surface area contributed by atoms with Gasteiger partial charge in [-0.1, -0.05) is 90.5 Å². The van der Waals surface area contributed by atoms with Gasteiger partial charge in [-0.15, -0.1) is 0 Å². The van der Waals surface area contributed by atoms with Gasteiger partial charge in [-0.05, 0) is 11.6 Å². The van der Waals surface area contributed by atoms with Crippen LogP contribution in [-0.4, -0.2) is 10.8 Å². The highest BCUT2D eigenvalue weighted by molar-refractivity contribution is 6.36. The molecule has 2 nitrogen and oxygen atoms in total. The Bertz CT molecular complexity index is 1060. The zero-order valence-electron chi connectivity index (χ0n) is 13.3. The molecule has 0 N–H and O–H groups in total. The molecule has 4 aromatic rings. The highest BCUT2D eigenvalue weighted by Crippen LogP contribution is 2.36. The maximum Gasteiger partial charge on any atom is 0.196 e. The number of carbonyl (C=O) groups excluding carboxylic acids is 1. The second kappa shape index (κ2) is 6.50. The molecule has 0 unspecified atom stereocenters. The third kappa shape index (κ3) is 2.81. The van der Waals surface area contributed by atoms with Crippen molar-refractivity contribution in [3.63, 3.8) is 0 Å². The molecule has 1 heterocycles. The second-order valence-electron chi connectivity index (χ2n) is 5.73. The first-order valence-electron chi connectivity index (χ1n) is 7.99. The van der Waals surface area contributed by atoms with Crippen molar-refractivity contribution in [1.82, 2.24) is 4.98 Å². The van der Waals surface area contributed by atoms with E-state index in [0.29, 0.717) is 11.1 Å². The molecule has 0 aliphatic heterocycles. The van der Waals surface area contributed by atoms with E-state index >= 15 is 0 Å². The minimum Gasteiger partial charge on any atom is -0.288 e. The van der Waals surface area contributed by atoms with Crippen LogP contribution in [0.4, 0.5) is 0 Å². The topological polar surface area (TPSA) is 30.0 Å². The van der Waals surface area contributed by atoms with E-state index in [9.17, 15) is 4.79 Å². The summed E-state index contributed by atoms with van der Waals surface area (Å²) in [7, 11) is 0. The van der Waals surface area contributed by atoms with Gasteiger partial charge in [0.2, 0.25) is 0 Å². The molecule has 4 rings (SSSR count). The summed E-state index contributed by atoms with van der Waals surface area (Å²) in [4.78, 5) is 17.6. The highest BCUT2D eigenvalue weighted by atomic mass is 35.5. The van der Waals surface area contributed by atoms with E-state index in [2.05, 4.69) is 4.98 Å². The van der Waals surface area contributed by atoms with Crippen LogP contribution in [0.5, 0.6) is 0 Å². The van der Waals surface area contributed by atoms with Crippen LogP contribution >= 0.6 is 11.6 Å². The second-order valence-corrected chi connectivity index (χ2v) is 6.09. The molecule has 3 aromatic carbocycles. The number of fused-ring (bicyclic) bond motifs is 1. The number of halogens is 1. The fourth-order valence-electron chi connectivity index (χ4n) is 3.03. The summed E-state index contributed by atoms with van der Waals surface area (Å²) in [6, 6.07) is 26.7. The van der Waals surface area contributed by atoms with Gasteiger partial charge in [0.25, 0.3) is 0 Å². The molecule has 0 spiro atoms. The third-order valence-corrected chi connectivity index (χ3v) is 4.45. The largest absolute Gasteiger partial charge is 0.288 e. The quantitative estimate of drug-likeness (QED) is 0.348. The first-order valence-corrected chi connectivity index (χ1v) is 8.37. The summed E-state index contributed by atoms with van der Waals surface area (Å²) in [6.45, 7) is 0. The highest BCUT2D eigenvalue weighted by Gasteiger charge is 2.22. The third-order valence-electron chi connectivity index (χ3n) is 4.17. The standard InChI is InChI=1S/C22H14ClNO/c23-22-20(21(25)16-11-5-2-6-12-16)19(15-9-3-1-4-10-15)17-13-7-8-14-18(17)24-22/h1-14H. The van der Waals surface area contributed by atoms with Crippen molar-refractivity contribution < 1.29 is 4.79 Å². The molecular weight excluding hydrogens is 330 g/mol. The molecule has 1 aromatic heterocycles. The van der Waals surface area contributed by atoms with Crippen molar-refractivity contribution >= 4 is 28.3 Å². The number of benzene rings is 3. The maximum atomic E-state index is 13.2. The fraction of sp³-hybridized carbons (Fsp3) is 0. The number of rotatable bonds is 3. The van der Waals surface area contributed by atoms with E-state index in [-0.39, 0.29) is 10.9 Å². The molecule has 0 aliphatic rings. The molecule has 0 atom stereocenters. The number of aromatic nitrogens is 1. The summed E-state index contributed by atoms with van der Waals surface area (Å²) >= 11 is 6.47. The molecule has 0 bridgehead atoms. The van der Waals surface area contributed by atoms with E-state index in [1.54, 1.807) is 12.1 Å². The lowest BCUT2D eigenvalue weighted by Gasteiger charge is -2.14. The van der Waals surface area contributed by atoms with Gasteiger partial charge in [-0.25, -0.2) is 4.98 Å². The van der Waals surface area contributed by atoms with E-state index in [0.717, 1.165) is 22.0 Å². The van der Waals surface area contributed by atoms with E-state index in [4.69, 9.17) is 11.6 Å². The summed E-state index contributed by atoms with van der Waals surface area (Å²) in [6.07, 6.45) is 0. The Kier molecular flexibility index (Phi) is 4.04. The number of para-hydroxylation sites is 1. The zero-order valence-corrected chi connectivity index (χ0v) is 14.1. The normalized spacial score (nSPS) is 10.8. The summed E-state index contributed by atoms with van der Waals surface area (Å²) in [5, 5.41) is 1.14. The van der Waals surface area contributed by atoms with Gasteiger partial charge in [0.1, 0.15) is 5.15 Å². The Hall–Kier alpha value is -2.97. The predicted molar refractivity (Wildman–Crippen MR) is 102 cm³/mol. The van der Waals surface area contributed by atoms with Gasteiger partial charge in [0.15, 0.2) is 5.78 Å². The van der Waals surface area contributed by atoms with Crippen LogP contribution in [0.2, 0.25) is 5.15 Å². The minimum atomic E-state index is -0.122. The number of hydrogen-bond donors (Lipinski definition) is 0. The van der Waals surface area contributed by atoms with E-state index < -0.39 is 0 Å². The molecule has 3 heteroatoms. The van der Waals surface area contributed by atoms with Crippen LogP contribution < -0.4 is 0 Å². The monoisotopic (exact) mass is 343 g/mol. The van der Waals surface area contributed by atoms with Crippen molar-refractivity contribution in [3.8, 4) is 11.1 Å². The van der Waals surface area contributed by atoms with Crippen molar-refractivity contribution in [2.24, 2.45) is 0 Å². The van der Waals surface area contributed by atoms with Gasteiger partial charge in [-0.3, -0.25) is 4.79 Å². The first-order chi connectivity index (χ1) is 12.3. The van der Waals surface area contributed by atoms with Crippen LogP contribution in [0.25, 0.3) is 22.0 Å². The Morgan fingerprint density at radius 3 is 2.08 bits per heavy atom. The molecule has 0 aliphatic carbocycles. The SMILES string of the molecule is O=C(c1ccccc1)c1c(Cl)nc2ccccc2c1-c1ccccc1. The average molecular weight is 344 g/mol. The van der Waals surface area contributed by atoms with Crippen LogP contribution in [0.1, 0.15) is 15.9 Å². The molecule has 25 heavy (non-hydrogen) atoms. The molecule has 120 valence electrons. The summed E-state index contributed by atoms with van der Waals surface area (Å²) in [5.41, 5.74) is 3.58. The van der Waals surface area contributed by atoms with E-state index in [1.807, 2.05) is 72.8 Å². The Balaban J connectivity index is 2.07. The molecular formula is C22H14ClNO. The molecule has 0 radical (unpaired) electrons. The number of carbonyl (C=O) groups is 1. The van der Waals surface area contributed by atoms with Gasteiger partial charge in [0.05, 0.1) is 11.1 Å². The van der Waals surface area contributed by atoms with Crippen LogP contribution in [0, 0.1) is 0 Å². The Morgan fingerprint density at radius 1 is 0.760 bits per heavy atom. The fourth-order valence-corrected chi connectivity index (χ4v) is 3.30. The molecule has 0 amide bonds. The lowest BCUT2D eigenvalue weighted by Crippen LogP contribution is -2.06. The van der Waals surface area contributed by atoms with Crippen LogP contribution in [0.15, 0.2) is 84.9 Å². The number of pyridine rings is 1. The first kappa shape index (κ1) is 15.6. The number of ketones is 1. The van der Waals surface area contributed by atoms with Crippen LogP contribution in [0.3, 0.4) is 0 Å². The molecule has 0 fully saturated rings. The van der Waals surface area contributed by atoms with Crippen LogP contribution in [-0.2, 0) is 0 Å². The summed E-state index contributed by atoms with van der Waals surface area (Å²) < 4.78 is 0. The van der Waals surface area contributed by atoms with Gasteiger partial charge in [0, 0.05) is 16.5 Å². The average Bonchev–Trinajstić information content (AvgIpc) is 2.68. The maximum absolute atomic E-state index is 13.2. The summed E-state index contributed by atoms with van der Waals surface area (Å²) in [5.74, 6) is -0.122. The van der Waals surface area contributed by atoms with Crippen molar-refractivity contribution in [2.45, 2.75) is 0 Å². The van der Waals surface area contributed by atoms with Crippen molar-refractivity contribution in [2.75, 3.05) is 0 Å². The number of hydrogen-bond acceptors (Lipinski definition) is 2. The van der Waals surface area contributed by atoms with E-state index in [1.165, 1.54) is 0 Å². The predicted octanol–water partition coefficient (Wildman–Crippen LogP) is 5.79. The number of nitrogens with zero attached hydrogens (tertiary/aromatic N) is 1. The molecule has 0 saturated heterocycles. The lowest BCUT2D eigenvalue weighted by molar-refractivity contribution is 0.103. The Morgan fingerprint density at radius 2 is 1.36 bits per heavy atom. The van der Waals surface area contributed by atoms with Crippen molar-refractivity contribution in [1.29, 1.82) is 0 Å². The Labute approximate surface area is 150 Å². The van der Waals surface area contributed by atoms with Gasteiger partial charge >= 0.3 is 0 Å². The minimum absolute atomic E-state index is 0.122. The smallest absolute Gasteiger partial charge is 0.196 e. The lowest BCUT2D eigenvalue weighted by atomic mass is 9.92. The van der Waals surface area contributed by atoms with Gasteiger partial charge in [-0.2, -0.15) is 0 Å². The zero-order chi connectivity index (χ0) is 17.2.